The molecule has 0 radical (unpaired) electrons. The number of nitrogens with one attached hydrogen (secondary N) is 1. The number of halogens is 2. The molecule has 0 atom stereocenters. The molecule has 0 bridgehead atoms. The first-order chi connectivity index (χ1) is 15.6. The van der Waals surface area contributed by atoms with Crippen molar-refractivity contribution in [3.05, 3.63) is 76.9 Å². The lowest BCUT2D eigenvalue weighted by atomic mass is 9.96. The number of rotatable bonds is 7. The Hall–Kier alpha value is -2.64. The number of piperidine rings is 1. The summed E-state index contributed by atoms with van der Waals surface area (Å²) < 4.78 is 27.1. The van der Waals surface area contributed by atoms with Crippen molar-refractivity contribution in [1.82, 2.24) is 15.2 Å². The van der Waals surface area contributed by atoms with Gasteiger partial charge in [-0.05, 0) is 62.4 Å². The quantitative estimate of drug-likeness (QED) is 0.611. The molecule has 1 aromatic heterocycles. The summed E-state index contributed by atoms with van der Waals surface area (Å²) in [5, 5.41) is 3.36. The Bertz CT molecular complexity index is 1040. The molecule has 0 spiro atoms. The Morgan fingerprint density at radius 1 is 1.25 bits per heavy atom. The standard InChI is InChI=1S/C25H27F2N3OS/c26-20-8-9-21(22(27)15-20)25-29-17-23(32-25)24(31)28-16-19-10-13-30(14-11-19)12-4-7-18-5-2-1-3-6-18/h2,4-9,15,17,19H,1,3,10-14,16H2,(H,28,31)/b7-4+. The number of hydrogen-bond acceptors (Lipinski definition) is 4. The van der Waals surface area contributed by atoms with Crippen LogP contribution in [-0.4, -0.2) is 42.0 Å². The Morgan fingerprint density at radius 3 is 2.84 bits per heavy atom. The van der Waals surface area contributed by atoms with Gasteiger partial charge in [0.05, 0.1) is 6.20 Å². The third-order valence-electron chi connectivity index (χ3n) is 5.85. The number of benzene rings is 1. The Kier molecular flexibility index (Phi) is 7.60. The van der Waals surface area contributed by atoms with Crippen LogP contribution in [0.25, 0.3) is 10.6 Å². The van der Waals surface area contributed by atoms with Crippen molar-refractivity contribution in [2.45, 2.75) is 25.7 Å². The molecule has 7 heteroatoms. The molecule has 2 heterocycles. The fourth-order valence-electron chi connectivity index (χ4n) is 3.96. The van der Waals surface area contributed by atoms with Gasteiger partial charge >= 0.3 is 0 Å². The van der Waals surface area contributed by atoms with E-state index in [1.165, 1.54) is 23.9 Å². The molecule has 1 aliphatic carbocycles. The van der Waals surface area contributed by atoms with E-state index in [2.05, 4.69) is 45.6 Å². The molecule has 0 unspecified atom stereocenters. The lowest BCUT2D eigenvalue weighted by Crippen LogP contribution is -2.38. The minimum absolute atomic E-state index is 0.199. The molecule has 1 aromatic carbocycles. The van der Waals surface area contributed by atoms with Crippen molar-refractivity contribution >= 4 is 17.2 Å². The molecule has 2 aromatic rings. The fraction of sp³-hybridized carbons (Fsp3) is 0.360. The molecule has 1 fully saturated rings. The van der Waals surface area contributed by atoms with Gasteiger partial charge < -0.3 is 5.32 Å². The lowest BCUT2D eigenvalue weighted by molar-refractivity contribution is 0.0941. The van der Waals surface area contributed by atoms with Crippen LogP contribution in [0.15, 0.2) is 60.3 Å². The molecule has 1 aliphatic heterocycles. The molecule has 2 aliphatic rings. The zero-order valence-corrected chi connectivity index (χ0v) is 18.7. The van der Waals surface area contributed by atoms with Gasteiger partial charge in [-0.2, -0.15) is 0 Å². The van der Waals surface area contributed by atoms with Crippen molar-refractivity contribution in [3.8, 4) is 10.6 Å². The van der Waals surface area contributed by atoms with Gasteiger partial charge in [-0.1, -0.05) is 30.4 Å². The molecule has 1 N–H and O–H groups in total. The number of nitrogens with zero attached hydrogens (tertiary/aromatic N) is 2. The number of carbonyl (C=O) groups is 1. The number of carbonyl (C=O) groups excluding carboxylic acids is 1. The van der Waals surface area contributed by atoms with E-state index in [4.69, 9.17) is 0 Å². The van der Waals surface area contributed by atoms with Gasteiger partial charge in [0.2, 0.25) is 0 Å². The van der Waals surface area contributed by atoms with Crippen LogP contribution in [0, 0.1) is 17.6 Å². The SMILES string of the molecule is O=C(NCC1CCN(C/C=C/C2=CCCC=C2)CC1)c1cnc(-c2ccc(F)cc2F)s1. The first-order valence-corrected chi connectivity index (χ1v) is 11.8. The average Bonchev–Trinajstić information content (AvgIpc) is 3.29. The predicted octanol–water partition coefficient (Wildman–Crippen LogP) is 5.36. The first-order valence-electron chi connectivity index (χ1n) is 11.0. The highest BCUT2D eigenvalue weighted by molar-refractivity contribution is 7.16. The second kappa shape index (κ2) is 10.8. The molecule has 1 amide bonds. The number of thiazole rings is 1. The normalized spacial score (nSPS) is 17.6. The summed E-state index contributed by atoms with van der Waals surface area (Å²) in [6.45, 7) is 3.62. The van der Waals surface area contributed by atoms with Crippen molar-refractivity contribution in [2.75, 3.05) is 26.2 Å². The van der Waals surface area contributed by atoms with Crippen molar-refractivity contribution in [3.63, 3.8) is 0 Å². The topological polar surface area (TPSA) is 45.2 Å². The smallest absolute Gasteiger partial charge is 0.263 e. The van der Waals surface area contributed by atoms with Crippen molar-refractivity contribution in [1.29, 1.82) is 0 Å². The molecule has 1 saturated heterocycles. The number of aromatic nitrogens is 1. The minimum Gasteiger partial charge on any atom is -0.351 e. The summed E-state index contributed by atoms with van der Waals surface area (Å²) in [6, 6.07) is 3.35. The maximum atomic E-state index is 14.0. The third-order valence-corrected chi connectivity index (χ3v) is 6.88. The molecule has 4 nitrogen and oxygen atoms in total. The number of allylic oxidation sites excluding steroid dienone is 5. The number of hydrogen-bond donors (Lipinski definition) is 1. The molecule has 0 saturated carbocycles. The summed E-state index contributed by atoms with van der Waals surface area (Å²) >= 11 is 1.11. The number of likely N-dealkylation sites (tertiary alicyclic amines) is 1. The van der Waals surface area contributed by atoms with Gasteiger partial charge in [-0.3, -0.25) is 9.69 Å². The van der Waals surface area contributed by atoms with E-state index in [1.807, 2.05) is 0 Å². The zero-order chi connectivity index (χ0) is 22.3. The van der Waals surface area contributed by atoms with E-state index in [0.717, 1.165) is 62.7 Å². The van der Waals surface area contributed by atoms with Crippen molar-refractivity contribution < 1.29 is 13.6 Å². The molecule has 4 rings (SSSR count). The summed E-state index contributed by atoms with van der Waals surface area (Å²) in [4.78, 5) is 19.5. The first kappa shape index (κ1) is 22.6. The van der Waals surface area contributed by atoms with E-state index in [9.17, 15) is 13.6 Å². The second-order valence-electron chi connectivity index (χ2n) is 8.19. The van der Waals surface area contributed by atoms with Gasteiger partial charge in [0, 0.05) is 24.7 Å². The van der Waals surface area contributed by atoms with Crippen LogP contribution < -0.4 is 5.32 Å². The van der Waals surface area contributed by atoms with Crippen LogP contribution in [0.3, 0.4) is 0 Å². The van der Waals surface area contributed by atoms with Gasteiger partial charge in [0.25, 0.3) is 5.91 Å². The van der Waals surface area contributed by atoms with Crippen LogP contribution in [0.4, 0.5) is 8.78 Å². The maximum Gasteiger partial charge on any atom is 0.263 e. The molecule has 32 heavy (non-hydrogen) atoms. The largest absolute Gasteiger partial charge is 0.351 e. The van der Waals surface area contributed by atoms with Gasteiger partial charge in [-0.25, -0.2) is 13.8 Å². The highest BCUT2D eigenvalue weighted by Gasteiger charge is 2.20. The predicted molar refractivity (Wildman–Crippen MR) is 125 cm³/mol. The fourth-order valence-corrected chi connectivity index (χ4v) is 4.82. The van der Waals surface area contributed by atoms with Crippen LogP contribution >= 0.6 is 11.3 Å². The second-order valence-corrected chi connectivity index (χ2v) is 9.22. The van der Waals surface area contributed by atoms with Gasteiger partial charge in [0.1, 0.15) is 21.5 Å². The Labute approximate surface area is 191 Å². The van der Waals surface area contributed by atoms with Gasteiger partial charge in [-0.15, -0.1) is 11.3 Å². The average molecular weight is 456 g/mol. The summed E-state index contributed by atoms with van der Waals surface area (Å²) in [6.07, 6.45) is 16.9. The zero-order valence-electron chi connectivity index (χ0n) is 17.9. The van der Waals surface area contributed by atoms with Crippen molar-refractivity contribution in [2.24, 2.45) is 5.92 Å². The third kappa shape index (κ3) is 5.99. The maximum absolute atomic E-state index is 14.0. The van der Waals surface area contributed by atoms with Gasteiger partial charge in [0.15, 0.2) is 0 Å². The van der Waals surface area contributed by atoms with Crippen LogP contribution in [0.1, 0.15) is 35.4 Å². The van der Waals surface area contributed by atoms with Crippen LogP contribution in [0.5, 0.6) is 0 Å². The van der Waals surface area contributed by atoms with Crippen LogP contribution in [-0.2, 0) is 0 Å². The number of amides is 1. The van der Waals surface area contributed by atoms with E-state index in [1.54, 1.807) is 0 Å². The summed E-state index contributed by atoms with van der Waals surface area (Å²) in [5.41, 5.74) is 1.50. The molecule has 168 valence electrons. The Morgan fingerprint density at radius 2 is 2.09 bits per heavy atom. The highest BCUT2D eigenvalue weighted by Crippen LogP contribution is 2.28. The Balaban J connectivity index is 1.21. The minimum atomic E-state index is -0.681. The summed E-state index contributed by atoms with van der Waals surface area (Å²) in [5.74, 6) is -1.07. The highest BCUT2D eigenvalue weighted by atomic mass is 32.1. The van der Waals surface area contributed by atoms with E-state index in [0.29, 0.717) is 22.3 Å². The van der Waals surface area contributed by atoms with E-state index in [-0.39, 0.29) is 11.5 Å². The monoisotopic (exact) mass is 455 g/mol. The van der Waals surface area contributed by atoms with E-state index < -0.39 is 11.6 Å². The molecular formula is C25H27F2N3OS. The van der Waals surface area contributed by atoms with E-state index >= 15 is 0 Å². The molecular weight excluding hydrogens is 428 g/mol. The summed E-state index contributed by atoms with van der Waals surface area (Å²) in [7, 11) is 0. The van der Waals surface area contributed by atoms with Crippen LogP contribution in [0.2, 0.25) is 0 Å². The lowest BCUT2D eigenvalue weighted by Gasteiger charge is -2.31.